The summed E-state index contributed by atoms with van der Waals surface area (Å²) in [6, 6.07) is 20.9. The van der Waals surface area contributed by atoms with E-state index in [2.05, 4.69) is 79.6 Å². The summed E-state index contributed by atoms with van der Waals surface area (Å²) in [6.45, 7) is 16.3. The van der Waals surface area contributed by atoms with Gasteiger partial charge in [-0.05, 0) is 51.5 Å². The summed E-state index contributed by atoms with van der Waals surface area (Å²) in [6.07, 6.45) is 0. The van der Waals surface area contributed by atoms with Crippen LogP contribution >= 0.6 is 0 Å². The Kier molecular flexibility index (Phi) is 7.39. The second kappa shape index (κ2) is 10.5. The molecule has 1 aliphatic heterocycles. The number of nitrogens with zero attached hydrogens (tertiary/aromatic N) is 2. The van der Waals surface area contributed by atoms with Crippen LogP contribution in [0.3, 0.4) is 0 Å². The van der Waals surface area contributed by atoms with Gasteiger partial charge < -0.3 is 9.32 Å². The maximum Gasteiger partial charge on any atom is 0.203 e. The Balaban J connectivity index is 2.12. The van der Waals surface area contributed by atoms with E-state index in [1.807, 2.05) is 32.0 Å². The minimum absolute atomic E-state index is 0.0781. The summed E-state index contributed by atoms with van der Waals surface area (Å²) >= 11 is 0. The minimum Gasteiger partial charge on any atom is -0.456 e. The lowest BCUT2D eigenvalue weighted by atomic mass is 9.87. The Morgan fingerprint density at radius 1 is 0.886 bits per heavy atom. The molecule has 0 saturated heterocycles. The molecule has 0 bridgehead atoms. The topological polar surface area (TPSA) is 36.5 Å². The molecule has 0 radical (unpaired) electrons. The van der Waals surface area contributed by atoms with Gasteiger partial charge in [0.2, 0.25) is 5.36 Å². The number of carbonyl (C=O) groups is 1. The van der Waals surface area contributed by atoms with Crippen LogP contribution in [0.2, 0.25) is 0 Å². The smallest absolute Gasteiger partial charge is 0.203 e. The van der Waals surface area contributed by atoms with Gasteiger partial charge in [-0.1, -0.05) is 38.1 Å². The van der Waals surface area contributed by atoms with Gasteiger partial charge in [0.05, 0.1) is 6.07 Å². The molecular weight excluding hydrogens is 432 g/mol. The number of fused-ring (bicyclic) bond motifs is 2. The Morgan fingerprint density at radius 2 is 1.60 bits per heavy atom. The lowest BCUT2D eigenvalue weighted by molar-refractivity contribution is 0.0940. The average molecular weight is 470 g/mol. The minimum atomic E-state index is -0.0781. The first-order valence-electron chi connectivity index (χ1n) is 12.9. The first kappa shape index (κ1) is 24.7. The van der Waals surface area contributed by atoms with Gasteiger partial charge in [-0.15, -0.1) is 0 Å². The summed E-state index contributed by atoms with van der Waals surface area (Å²) in [4.78, 5) is 15.5. The molecule has 35 heavy (non-hydrogen) atoms. The zero-order chi connectivity index (χ0) is 25.1. The van der Waals surface area contributed by atoms with Crippen molar-refractivity contribution >= 4 is 22.4 Å². The molecule has 0 atom stereocenters. The van der Waals surface area contributed by atoms with Crippen molar-refractivity contribution in [1.82, 2.24) is 4.58 Å². The Labute approximate surface area is 208 Å². The SMILES string of the molecule is CCN(CC)c1ccc2c(-c3ccccc3C(=O)C(C)C)c3ccc(=[N+](CC)CC)cc-3oc2c1. The molecule has 4 rings (SSSR count). The van der Waals surface area contributed by atoms with E-state index in [4.69, 9.17) is 4.42 Å². The van der Waals surface area contributed by atoms with Crippen molar-refractivity contribution in [2.75, 3.05) is 31.1 Å². The van der Waals surface area contributed by atoms with Crippen LogP contribution in [0.25, 0.3) is 33.4 Å². The maximum atomic E-state index is 13.2. The lowest BCUT2D eigenvalue weighted by Gasteiger charge is -2.23. The number of rotatable bonds is 8. The molecule has 4 nitrogen and oxygen atoms in total. The van der Waals surface area contributed by atoms with Gasteiger partial charge >= 0.3 is 0 Å². The summed E-state index contributed by atoms with van der Waals surface area (Å²) in [7, 11) is 0. The first-order valence-corrected chi connectivity index (χ1v) is 12.9. The largest absolute Gasteiger partial charge is 0.456 e. The molecule has 0 amide bonds. The van der Waals surface area contributed by atoms with E-state index < -0.39 is 0 Å². The third kappa shape index (κ3) is 4.62. The zero-order valence-corrected chi connectivity index (χ0v) is 21.9. The van der Waals surface area contributed by atoms with Gasteiger partial charge in [-0.25, -0.2) is 4.58 Å². The van der Waals surface area contributed by atoms with Crippen LogP contribution in [0.1, 0.15) is 51.9 Å². The fraction of sp³-hybridized carbons (Fsp3) is 0.355. The highest BCUT2D eigenvalue weighted by Gasteiger charge is 2.23. The molecular formula is C31H37N2O2+. The van der Waals surface area contributed by atoms with Crippen LogP contribution in [0, 0.1) is 5.92 Å². The Morgan fingerprint density at radius 3 is 2.26 bits per heavy atom. The van der Waals surface area contributed by atoms with E-state index in [-0.39, 0.29) is 11.7 Å². The number of Topliss-reactive ketones (excluding diaryl/α,β-unsaturated/α-hetero) is 1. The fourth-order valence-corrected chi connectivity index (χ4v) is 4.96. The van der Waals surface area contributed by atoms with Gasteiger partial charge in [-0.2, -0.15) is 0 Å². The highest BCUT2D eigenvalue weighted by atomic mass is 16.3. The van der Waals surface area contributed by atoms with Crippen LogP contribution in [0.15, 0.2) is 65.1 Å². The van der Waals surface area contributed by atoms with Crippen molar-refractivity contribution in [2.45, 2.75) is 41.5 Å². The zero-order valence-electron chi connectivity index (χ0n) is 21.9. The van der Waals surface area contributed by atoms with Gasteiger partial charge in [0.15, 0.2) is 5.78 Å². The number of ketones is 1. The average Bonchev–Trinajstić information content (AvgIpc) is 2.88. The van der Waals surface area contributed by atoms with Crippen molar-refractivity contribution in [1.29, 1.82) is 0 Å². The molecule has 2 aromatic rings. The third-order valence-electron chi connectivity index (χ3n) is 6.93. The molecule has 2 aromatic carbocycles. The van der Waals surface area contributed by atoms with E-state index in [0.29, 0.717) is 0 Å². The van der Waals surface area contributed by atoms with E-state index in [0.717, 1.165) is 76.2 Å². The van der Waals surface area contributed by atoms with Crippen molar-refractivity contribution in [3.8, 4) is 22.5 Å². The van der Waals surface area contributed by atoms with E-state index in [1.165, 1.54) is 0 Å². The van der Waals surface area contributed by atoms with Gasteiger partial charge in [-0.3, -0.25) is 4.79 Å². The molecule has 1 heterocycles. The van der Waals surface area contributed by atoms with E-state index >= 15 is 0 Å². The summed E-state index contributed by atoms with van der Waals surface area (Å²) in [5.74, 6) is 0.910. The highest BCUT2D eigenvalue weighted by molar-refractivity contribution is 6.10. The maximum absolute atomic E-state index is 13.2. The van der Waals surface area contributed by atoms with Gasteiger partial charge in [0.25, 0.3) is 0 Å². The normalized spacial score (nSPS) is 11.4. The first-order chi connectivity index (χ1) is 16.9. The van der Waals surface area contributed by atoms with Gasteiger partial charge in [0.1, 0.15) is 24.4 Å². The van der Waals surface area contributed by atoms with Crippen LogP contribution < -0.4 is 14.8 Å². The molecule has 0 saturated carbocycles. The summed E-state index contributed by atoms with van der Waals surface area (Å²) in [5, 5.41) is 2.16. The molecule has 1 aliphatic carbocycles. The molecule has 0 fully saturated rings. The van der Waals surface area contributed by atoms with Crippen LogP contribution in [0.5, 0.6) is 0 Å². The lowest BCUT2D eigenvalue weighted by Crippen LogP contribution is -2.29. The molecule has 182 valence electrons. The predicted molar refractivity (Wildman–Crippen MR) is 147 cm³/mol. The van der Waals surface area contributed by atoms with Crippen molar-refractivity contribution in [3.63, 3.8) is 0 Å². The fourth-order valence-electron chi connectivity index (χ4n) is 4.96. The molecule has 0 N–H and O–H groups in total. The third-order valence-corrected chi connectivity index (χ3v) is 6.93. The molecule has 0 spiro atoms. The quantitative estimate of drug-likeness (QED) is 0.164. The molecule has 4 heteroatoms. The number of benzene rings is 3. The second-order valence-corrected chi connectivity index (χ2v) is 9.25. The van der Waals surface area contributed by atoms with Crippen molar-refractivity contribution in [3.05, 3.63) is 71.6 Å². The Bertz CT molecular complexity index is 1390. The van der Waals surface area contributed by atoms with Crippen molar-refractivity contribution < 1.29 is 9.21 Å². The van der Waals surface area contributed by atoms with Crippen molar-refractivity contribution in [2.24, 2.45) is 5.92 Å². The highest BCUT2D eigenvalue weighted by Crippen LogP contribution is 2.42. The number of hydrogen-bond donors (Lipinski definition) is 0. The number of carbonyl (C=O) groups excluding carboxylic acids is 1. The molecule has 0 unspecified atom stereocenters. The molecule has 2 aliphatic rings. The summed E-state index contributed by atoms with van der Waals surface area (Å²) < 4.78 is 8.90. The summed E-state index contributed by atoms with van der Waals surface area (Å²) in [5.41, 5.74) is 5.78. The monoisotopic (exact) mass is 469 g/mol. The van der Waals surface area contributed by atoms with E-state index in [1.54, 1.807) is 0 Å². The predicted octanol–water partition coefficient (Wildman–Crippen LogP) is 6.70. The standard InChI is InChI=1S/C31H37N2O2/c1-7-32(8-2)22-15-17-26-28(19-22)35-29-20-23(33(9-3)10-4)16-18-27(29)30(26)24-13-11-12-14-25(24)31(34)21(5)6/h11-21H,7-10H2,1-6H3/q+1. The van der Waals surface area contributed by atoms with Gasteiger partial charge in [0, 0.05) is 58.9 Å². The number of hydrogen-bond acceptors (Lipinski definition) is 3. The molecule has 0 aromatic heterocycles. The van der Waals surface area contributed by atoms with Crippen LogP contribution in [-0.4, -0.2) is 32.0 Å². The second-order valence-electron chi connectivity index (χ2n) is 9.25. The van der Waals surface area contributed by atoms with E-state index in [9.17, 15) is 4.79 Å². The Hall–Kier alpha value is -3.40. The van der Waals surface area contributed by atoms with Crippen LogP contribution in [-0.2, 0) is 0 Å². The van der Waals surface area contributed by atoms with Crippen LogP contribution in [0.4, 0.5) is 5.69 Å². The number of anilines is 1.